The van der Waals surface area contributed by atoms with E-state index in [9.17, 15) is 27.8 Å². The highest BCUT2D eigenvalue weighted by molar-refractivity contribution is 7.89. The fraction of sp³-hybridized carbons (Fsp3) is 0.417. The second-order valence-electron chi connectivity index (χ2n) is 4.84. The van der Waals surface area contributed by atoms with Crippen LogP contribution in [0.1, 0.15) is 15.9 Å². The van der Waals surface area contributed by atoms with Gasteiger partial charge in [-0.05, 0) is 19.1 Å². The van der Waals surface area contributed by atoms with Crippen LogP contribution in [0.3, 0.4) is 0 Å². The van der Waals surface area contributed by atoms with Gasteiger partial charge >= 0.3 is 5.97 Å². The molecule has 1 aliphatic heterocycles. The van der Waals surface area contributed by atoms with Gasteiger partial charge in [0.15, 0.2) is 0 Å². The molecule has 21 heavy (non-hydrogen) atoms. The molecule has 2 rings (SSSR count). The number of carboxylic acid groups (broad SMARTS) is 1. The monoisotopic (exact) mass is 319 g/mol. The molecule has 1 fully saturated rings. The fourth-order valence-corrected chi connectivity index (χ4v) is 3.85. The lowest BCUT2D eigenvalue weighted by molar-refractivity contribution is 0.0572. The Labute approximate surface area is 120 Å². The summed E-state index contributed by atoms with van der Waals surface area (Å²) in [5, 5.41) is 27.7. The minimum Gasteiger partial charge on any atom is -0.478 e. The SMILES string of the molecule is Cc1c(F)cc(C(=O)O)cc1S(=O)(=O)N1CC(O)C(O)C1. The maximum atomic E-state index is 13.7. The van der Waals surface area contributed by atoms with Crippen molar-refractivity contribution in [1.82, 2.24) is 4.31 Å². The summed E-state index contributed by atoms with van der Waals surface area (Å²) in [5.41, 5.74) is -0.701. The third-order valence-electron chi connectivity index (χ3n) is 3.39. The first-order valence-electron chi connectivity index (χ1n) is 6.04. The highest BCUT2D eigenvalue weighted by atomic mass is 32.2. The molecule has 3 N–H and O–H groups in total. The lowest BCUT2D eigenvalue weighted by Crippen LogP contribution is -2.31. The van der Waals surface area contributed by atoms with Gasteiger partial charge in [0.2, 0.25) is 10.0 Å². The van der Waals surface area contributed by atoms with Crippen LogP contribution in [0.5, 0.6) is 0 Å². The van der Waals surface area contributed by atoms with Crippen molar-refractivity contribution in [3.8, 4) is 0 Å². The van der Waals surface area contributed by atoms with E-state index in [2.05, 4.69) is 0 Å². The van der Waals surface area contributed by atoms with Crippen molar-refractivity contribution in [2.75, 3.05) is 13.1 Å². The molecule has 1 aromatic rings. The molecule has 1 heterocycles. The zero-order valence-corrected chi connectivity index (χ0v) is 11.8. The third-order valence-corrected chi connectivity index (χ3v) is 5.34. The molecule has 2 unspecified atom stereocenters. The summed E-state index contributed by atoms with van der Waals surface area (Å²) >= 11 is 0. The van der Waals surface area contributed by atoms with Crippen LogP contribution in [-0.4, -0.2) is 59.3 Å². The minimum absolute atomic E-state index is 0.212. The smallest absolute Gasteiger partial charge is 0.335 e. The molecule has 0 bridgehead atoms. The Balaban J connectivity index is 2.52. The fourth-order valence-electron chi connectivity index (χ4n) is 2.12. The standard InChI is InChI=1S/C12H14FNO6S/c1-6-8(13)2-7(12(17)18)3-11(6)21(19,20)14-4-9(15)10(16)5-14/h2-3,9-10,15-16H,4-5H2,1H3,(H,17,18). The van der Waals surface area contributed by atoms with E-state index in [0.717, 1.165) is 16.4 Å². The molecule has 1 aromatic carbocycles. The van der Waals surface area contributed by atoms with Crippen LogP contribution in [0.15, 0.2) is 17.0 Å². The van der Waals surface area contributed by atoms with Crippen LogP contribution in [0.4, 0.5) is 4.39 Å². The van der Waals surface area contributed by atoms with E-state index in [1.54, 1.807) is 0 Å². The number of rotatable bonds is 3. The number of aliphatic hydroxyl groups is 2. The number of halogens is 1. The van der Waals surface area contributed by atoms with Gasteiger partial charge in [-0.1, -0.05) is 0 Å². The topological polar surface area (TPSA) is 115 Å². The molecule has 2 atom stereocenters. The maximum Gasteiger partial charge on any atom is 0.335 e. The summed E-state index contributed by atoms with van der Waals surface area (Å²) in [4.78, 5) is 10.4. The zero-order chi connectivity index (χ0) is 15.9. The molecule has 0 saturated carbocycles. The van der Waals surface area contributed by atoms with Crippen LogP contribution in [-0.2, 0) is 10.0 Å². The summed E-state index contributed by atoms with van der Waals surface area (Å²) in [7, 11) is -4.20. The van der Waals surface area contributed by atoms with Crippen LogP contribution in [0, 0.1) is 12.7 Å². The molecular formula is C12H14FNO6S. The molecule has 116 valence electrons. The number of carbonyl (C=O) groups is 1. The Morgan fingerprint density at radius 2 is 1.81 bits per heavy atom. The highest BCUT2D eigenvalue weighted by Crippen LogP contribution is 2.26. The summed E-state index contributed by atoms with van der Waals surface area (Å²) in [6, 6.07) is 1.61. The van der Waals surface area contributed by atoms with Crippen molar-refractivity contribution in [3.63, 3.8) is 0 Å². The van der Waals surface area contributed by atoms with Crippen molar-refractivity contribution < 1.29 is 32.9 Å². The molecule has 0 aliphatic carbocycles. The first-order valence-corrected chi connectivity index (χ1v) is 7.48. The Kier molecular flexibility index (Phi) is 4.02. The Morgan fingerprint density at radius 3 is 2.29 bits per heavy atom. The number of aliphatic hydroxyl groups excluding tert-OH is 2. The molecule has 1 saturated heterocycles. The van der Waals surface area contributed by atoms with E-state index in [1.807, 2.05) is 0 Å². The number of hydrogen-bond acceptors (Lipinski definition) is 5. The molecule has 7 nitrogen and oxygen atoms in total. The average molecular weight is 319 g/mol. The van der Waals surface area contributed by atoms with Gasteiger partial charge in [-0.2, -0.15) is 4.31 Å². The van der Waals surface area contributed by atoms with Crippen LogP contribution in [0.25, 0.3) is 0 Å². The van der Waals surface area contributed by atoms with Gasteiger partial charge in [0.25, 0.3) is 0 Å². The van der Waals surface area contributed by atoms with Crippen LogP contribution < -0.4 is 0 Å². The van der Waals surface area contributed by atoms with Gasteiger partial charge in [-0.25, -0.2) is 17.6 Å². The average Bonchev–Trinajstić information content (AvgIpc) is 2.73. The quantitative estimate of drug-likeness (QED) is 0.695. The summed E-state index contributed by atoms with van der Waals surface area (Å²) in [6.07, 6.45) is -2.46. The van der Waals surface area contributed by atoms with Crippen molar-refractivity contribution in [3.05, 3.63) is 29.1 Å². The van der Waals surface area contributed by atoms with Gasteiger partial charge < -0.3 is 15.3 Å². The molecule has 0 radical (unpaired) electrons. The number of hydrogen-bond donors (Lipinski definition) is 3. The number of benzene rings is 1. The van der Waals surface area contributed by atoms with Crippen LogP contribution in [0.2, 0.25) is 0 Å². The second kappa shape index (κ2) is 5.34. The minimum atomic E-state index is -4.20. The van der Waals surface area contributed by atoms with E-state index in [1.165, 1.54) is 6.92 Å². The Hall–Kier alpha value is -1.55. The summed E-state index contributed by atoms with van der Waals surface area (Å²) in [5.74, 6) is -2.40. The van der Waals surface area contributed by atoms with E-state index in [-0.39, 0.29) is 18.7 Å². The first kappa shape index (κ1) is 15.8. The van der Waals surface area contributed by atoms with Gasteiger partial charge in [0, 0.05) is 18.7 Å². The molecule has 0 spiro atoms. The first-order chi connectivity index (χ1) is 9.64. The van der Waals surface area contributed by atoms with Crippen molar-refractivity contribution in [2.45, 2.75) is 24.0 Å². The summed E-state index contributed by atoms with van der Waals surface area (Å²) < 4.78 is 39.4. The van der Waals surface area contributed by atoms with Gasteiger partial charge in [0.05, 0.1) is 22.7 Å². The Morgan fingerprint density at radius 1 is 1.29 bits per heavy atom. The van der Waals surface area contributed by atoms with Gasteiger partial charge in [0.1, 0.15) is 5.82 Å². The normalized spacial score (nSPS) is 23.4. The number of β-amino-alcohol motifs (C(OH)–C–C–N with tert-alkyl or cyclic N) is 2. The second-order valence-corrected chi connectivity index (χ2v) is 6.75. The van der Waals surface area contributed by atoms with Gasteiger partial charge in [-0.15, -0.1) is 0 Å². The lowest BCUT2D eigenvalue weighted by atomic mass is 10.1. The van der Waals surface area contributed by atoms with Gasteiger partial charge in [-0.3, -0.25) is 0 Å². The number of nitrogens with zero attached hydrogens (tertiary/aromatic N) is 1. The third kappa shape index (κ3) is 2.77. The van der Waals surface area contributed by atoms with Crippen LogP contribution >= 0.6 is 0 Å². The van der Waals surface area contributed by atoms with Crippen molar-refractivity contribution >= 4 is 16.0 Å². The van der Waals surface area contributed by atoms with Crippen molar-refractivity contribution in [2.24, 2.45) is 0 Å². The lowest BCUT2D eigenvalue weighted by Gasteiger charge is -2.18. The predicted octanol–water partition coefficient (Wildman–Crippen LogP) is -0.442. The predicted molar refractivity (Wildman–Crippen MR) is 68.9 cm³/mol. The maximum absolute atomic E-state index is 13.7. The molecule has 0 aromatic heterocycles. The Bertz CT molecular complexity index is 679. The summed E-state index contributed by atoms with van der Waals surface area (Å²) in [6.45, 7) is 0.556. The van der Waals surface area contributed by atoms with Crippen molar-refractivity contribution in [1.29, 1.82) is 0 Å². The highest BCUT2D eigenvalue weighted by Gasteiger charge is 2.38. The number of sulfonamides is 1. The molecular weight excluding hydrogens is 305 g/mol. The largest absolute Gasteiger partial charge is 0.478 e. The molecule has 9 heteroatoms. The van der Waals surface area contributed by atoms with E-state index < -0.39 is 44.5 Å². The number of aromatic carboxylic acids is 1. The van der Waals surface area contributed by atoms with E-state index in [0.29, 0.717) is 0 Å². The molecule has 0 amide bonds. The van der Waals surface area contributed by atoms with E-state index in [4.69, 9.17) is 5.11 Å². The van der Waals surface area contributed by atoms with E-state index >= 15 is 0 Å². The zero-order valence-electron chi connectivity index (χ0n) is 11.0. The number of carboxylic acids is 1. The molecule has 1 aliphatic rings.